The van der Waals surface area contributed by atoms with Gasteiger partial charge in [0.2, 0.25) is 5.91 Å². The van der Waals surface area contributed by atoms with Crippen LogP contribution in [0.3, 0.4) is 0 Å². The van der Waals surface area contributed by atoms with E-state index in [2.05, 4.69) is 52.5 Å². The lowest BCUT2D eigenvalue weighted by molar-refractivity contribution is -0.122. The molecule has 0 aliphatic carbocycles. The maximum absolute atomic E-state index is 12.2. The summed E-state index contributed by atoms with van der Waals surface area (Å²) in [5, 5.41) is 6.53. The molecule has 0 aromatic heterocycles. The van der Waals surface area contributed by atoms with Crippen LogP contribution in [0.2, 0.25) is 0 Å². The van der Waals surface area contributed by atoms with E-state index in [-0.39, 0.29) is 11.9 Å². The van der Waals surface area contributed by atoms with E-state index >= 15 is 0 Å². The highest BCUT2D eigenvalue weighted by molar-refractivity contribution is 9.10. The molecular weight excluding hydrogens is 340 g/mol. The minimum absolute atomic E-state index is 0.175. The summed E-state index contributed by atoms with van der Waals surface area (Å²) < 4.78 is 1.09. The highest BCUT2D eigenvalue weighted by Gasteiger charge is 2.22. The molecule has 2 atom stereocenters. The minimum Gasteiger partial charge on any atom is -0.353 e. The number of carbonyl (C=O) groups excluding carboxylic acids is 1. The number of hydrogen-bond acceptors (Lipinski definition) is 2. The van der Waals surface area contributed by atoms with Crippen molar-refractivity contribution >= 4 is 21.8 Å². The van der Waals surface area contributed by atoms with Gasteiger partial charge in [-0.25, -0.2) is 0 Å². The molecule has 0 saturated carbocycles. The fraction of sp³-hybridized carbons (Fsp3) is 0.611. The third kappa shape index (κ3) is 5.73. The minimum atomic E-state index is 0.175. The predicted molar refractivity (Wildman–Crippen MR) is 94.8 cm³/mol. The summed E-state index contributed by atoms with van der Waals surface area (Å²) >= 11 is 3.44. The van der Waals surface area contributed by atoms with E-state index in [1.165, 1.54) is 18.4 Å². The topological polar surface area (TPSA) is 41.1 Å². The molecule has 1 aromatic rings. The van der Waals surface area contributed by atoms with E-state index in [1.807, 2.05) is 12.1 Å². The molecule has 1 amide bonds. The zero-order chi connectivity index (χ0) is 15.9. The van der Waals surface area contributed by atoms with Crippen molar-refractivity contribution in [1.82, 2.24) is 10.6 Å². The standard InChI is InChI=1S/C18H27BrN2O/c1-13(16-7-9-20-10-8-16)11-18(22)21-14(2)12-15-3-5-17(19)6-4-15/h3-6,13-14,16,20H,7-12H2,1-2H3,(H,21,22). The zero-order valence-corrected chi connectivity index (χ0v) is 15.2. The van der Waals surface area contributed by atoms with Crippen molar-refractivity contribution in [2.24, 2.45) is 11.8 Å². The van der Waals surface area contributed by atoms with Gasteiger partial charge in [0.15, 0.2) is 0 Å². The molecule has 1 fully saturated rings. The molecular formula is C18H27BrN2O. The van der Waals surface area contributed by atoms with Gasteiger partial charge in [-0.2, -0.15) is 0 Å². The molecule has 2 unspecified atom stereocenters. The third-order valence-corrected chi connectivity index (χ3v) is 5.09. The van der Waals surface area contributed by atoms with Crippen LogP contribution in [-0.2, 0) is 11.2 Å². The van der Waals surface area contributed by atoms with Gasteiger partial charge in [0.1, 0.15) is 0 Å². The van der Waals surface area contributed by atoms with E-state index in [9.17, 15) is 4.79 Å². The molecule has 1 saturated heterocycles. The average molecular weight is 367 g/mol. The molecule has 4 heteroatoms. The molecule has 22 heavy (non-hydrogen) atoms. The van der Waals surface area contributed by atoms with E-state index in [4.69, 9.17) is 0 Å². The number of carbonyl (C=O) groups is 1. The second kappa shape index (κ2) is 8.68. The predicted octanol–water partition coefficient (Wildman–Crippen LogP) is 3.52. The molecule has 0 bridgehead atoms. The van der Waals surface area contributed by atoms with E-state index in [1.54, 1.807) is 0 Å². The van der Waals surface area contributed by atoms with Gasteiger partial charge < -0.3 is 10.6 Å². The summed E-state index contributed by atoms with van der Waals surface area (Å²) in [5.74, 6) is 1.35. The number of amides is 1. The van der Waals surface area contributed by atoms with Crippen molar-refractivity contribution in [1.29, 1.82) is 0 Å². The summed E-state index contributed by atoms with van der Waals surface area (Å²) in [6.45, 7) is 6.48. The van der Waals surface area contributed by atoms with Crippen LogP contribution < -0.4 is 10.6 Å². The highest BCUT2D eigenvalue weighted by atomic mass is 79.9. The third-order valence-electron chi connectivity index (χ3n) is 4.56. The first-order valence-corrected chi connectivity index (χ1v) is 9.08. The Kier molecular flexibility index (Phi) is 6.90. The molecule has 1 heterocycles. The maximum Gasteiger partial charge on any atom is 0.220 e. The fourth-order valence-corrected chi connectivity index (χ4v) is 3.50. The normalized spacial score (nSPS) is 18.7. The zero-order valence-electron chi connectivity index (χ0n) is 13.6. The number of piperidine rings is 1. The quantitative estimate of drug-likeness (QED) is 0.808. The van der Waals surface area contributed by atoms with Gasteiger partial charge >= 0.3 is 0 Å². The smallest absolute Gasteiger partial charge is 0.220 e. The number of nitrogens with one attached hydrogen (secondary N) is 2. The van der Waals surface area contributed by atoms with Crippen molar-refractivity contribution in [2.75, 3.05) is 13.1 Å². The van der Waals surface area contributed by atoms with Gasteiger partial charge in [-0.05, 0) is 68.8 Å². The average Bonchev–Trinajstić information content (AvgIpc) is 2.50. The summed E-state index contributed by atoms with van der Waals surface area (Å²) in [6.07, 6.45) is 3.92. The second-order valence-corrected chi connectivity index (χ2v) is 7.48. The molecule has 122 valence electrons. The van der Waals surface area contributed by atoms with Gasteiger partial charge in [0.25, 0.3) is 0 Å². The van der Waals surface area contributed by atoms with E-state index in [0.29, 0.717) is 18.3 Å². The maximum atomic E-state index is 12.2. The van der Waals surface area contributed by atoms with Crippen LogP contribution in [0.1, 0.15) is 38.7 Å². The number of hydrogen-bond donors (Lipinski definition) is 2. The van der Waals surface area contributed by atoms with Crippen molar-refractivity contribution in [3.63, 3.8) is 0 Å². The van der Waals surface area contributed by atoms with Crippen LogP contribution in [0.25, 0.3) is 0 Å². The molecule has 2 rings (SSSR count). The van der Waals surface area contributed by atoms with Crippen molar-refractivity contribution in [3.05, 3.63) is 34.3 Å². The Balaban J connectivity index is 1.74. The molecule has 0 radical (unpaired) electrons. The summed E-state index contributed by atoms with van der Waals surface area (Å²) in [7, 11) is 0. The first-order valence-electron chi connectivity index (χ1n) is 8.29. The lowest BCUT2D eigenvalue weighted by Crippen LogP contribution is -2.37. The van der Waals surface area contributed by atoms with Gasteiger partial charge in [-0.15, -0.1) is 0 Å². The van der Waals surface area contributed by atoms with Gasteiger partial charge in [0.05, 0.1) is 0 Å². The second-order valence-electron chi connectivity index (χ2n) is 6.57. The van der Waals surface area contributed by atoms with Gasteiger partial charge in [-0.3, -0.25) is 4.79 Å². The van der Waals surface area contributed by atoms with Crippen LogP contribution in [0.15, 0.2) is 28.7 Å². The number of rotatable bonds is 6. The lowest BCUT2D eigenvalue weighted by atomic mass is 9.84. The lowest BCUT2D eigenvalue weighted by Gasteiger charge is -2.28. The number of benzene rings is 1. The Morgan fingerprint density at radius 1 is 1.27 bits per heavy atom. The first-order chi connectivity index (χ1) is 10.5. The van der Waals surface area contributed by atoms with E-state index in [0.717, 1.165) is 24.0 Å². The molecule has 3 nitrogen and oxygen atoms in total. The Morgan fingerprint density at radius 2 is 1.91 bits per heavy atom. The summed E-state index contributed by atoms with van der Waals surface area (Å²) in [5.41, 5.74) is 1.25. The number of halogens is 1. The first kappa shape index (κ1) is 17.5. The monoisotopic (exact) mass is 366 g/mol. The van der Waals surface area contributed by atoms with Crippen LogP contribution >= 0.6 is 15.9 Å². The van der Waals surface area contributed by atoms with Crippen LogP contribution in [0, 0.1) is 11.8 Å². The van der Waals surface area contributed by atoms with E-state index < -0.39 is 0 Å². The van der Waals surface area contributed by atoms with Crippen LogP contribution in [0.4, 0.5) is 0 Å². The highest BCUT2D eigenvalue weighted by Crippen LogP contribution is 2.24. The largest absolute Gasteiger partial charge is 0.353 e. The van der Waals surface area contributed by atoms with Gasteiger partial charge in [0, 0.05) is 16.9 Å². The van der Waals surface area contributed by atoms with Crippen molar-refractivity contribution in [3.8, 4) is 0 Å². The Bertz CT molecular complexity index is 468. The SMILES string of the molecule is CC(Cc1ccc(Br)cc1)NC(=O)CC(C)C1CCNCC1. The Labute approximate surface area is 142 Å². The van der Waals surface area contributed by atoms with Gasteiger partial charge in [-0.1, -0.05) is 35.0 Å². The Hall–Kier alpha value is -0.870. The van der Waals surface area contributed by atoms with Crippen molar-refractivity contribution in [2.45, 2.75) is 45.6 Å². The molecule has 1 aliphatic heterocycles. The molecule has 2 N–H and O–H groups in total. The molecule has 1 aromatic carbocycles. The van der Waals surface area contributed by atoms with Crippen molar-refractivity contribution < 1.29 is 4.79 Å². The molecule has 1 aliphatic rings. The fourth-order valence-electron chi connectivity index (χ4n) is 3.23. The van der Waals surface area contributed by atoms with Crippen LogP contribution in [0.5, 0.6) is 0 Å². The molecule has 0 spiro atoms. The summed E-state index contributed by atoms with van der Waals surface area (Å²) in [4.78, 5) is 12.2. The summed E-state index contributed by atoms with van der Waals surface area (Å²) in [6, 6.07) is 8.47. The van der Waals surface area contributed by atoms with Crippen LogP contribution in [-0.4, -0.2) is 25.0 Å². The Morgan fingerprint density at radius 3 is 2.55 bits per heavy atom.